The lowest BCUT2D eigenvalue weighted by atomic mass is 9.86. The third-order valence-electron chi connectivity index (χ3n) is 4.03. The Morgan fingerprint density at radius 1 is 1.09 bits per heavy atom. The summed E-state index contributed by atoms with van der Waals surface area (Å²) in [6.07, 6.45) is 2.98. The molecule has 0 fully saturated rings. The third-order valence-corrected chi connectivity index (χ3v) is 4.77. The van der Waals surface area contributed by atoms with Crippen molar-refractivity contribution in [2.24, 2.45) is 0 Å². The van der Waals surface area contributed by atoms with Gasteiger partial charge in [-0.05, 0) is 55.4 Å². The first-order valence-electron chi connectivity index (χ1n) is 7.36. The van der Waals surface area contributed by atoms with Crippen molar-refractivity contribution in [1.82, 2.24) is 10.3 Å². The fourth-order valence-corrected chi connectivity index (χ4v) is 3.24. The molecule has 2 nitrogen and oxygen atoms in total. The normalized spacial score (nSPS) is 12.1. The first-order chi connectivity index (χ1) is 10.7. The SMILES string of the molecule is CNCC[C@H](c1ccc(Cl)c(Cl)c1)c1cccc2[nH]ccc12.Cl. The Morgan fingerprint density at radius 3 is 2.65 bits per heavy atom. The van der Waals surface area contributed by atoms with Crippen molar-refractivity contribution < 1.29 is 0 Å². The topological polar surface area (TPSA) is 27.8 Å². The van der Waals surface area contributed by atoms with Crippen LogP contribution in [0.1, 0.15) is 23.5 Å². The maximum absolute atomic E-state index is 6.22. The Hall–Kier alpha value is -1.19. The summed E-state index contributed by atoms with van der Waals surface area (Å²) in [5, 5.41) is 5.70. The van der Waals surface area contributed by atoms with Crippen LogP contribution in [0.3, 0.4) is 0 Å². The number of nitrogens with one attached hydrogen (secondary N) is 2. The van der Waals surface area contributed by atoms with Gasteiger partial charge in [0.25, 0.3) is 0 Å². The summed E-state index contributed by atoms with van der Waals surface area (Å²) < 4.78 is 0. The van der Waals surface area contributed by atoms with Gasteiger partial charge in [0.05, 0.1) is 10.0 Å². The minimum absolute atomic E-state index is 0. The zero-order chi connectivity index (χ0) is 15.5. The molecule has 0 bridgehead atoms. The number of hydrogen-bond donors (Lipinski definition) is 2. The van der Waals surface area contributed by atoms with Crippen LogP contribution in [0.15, 0.2) is 48.7 Å². The molecule has 23 heavy (non-hydrogen) atoms. The Kier molecular flexibility index (Phi) is 6.37. The third kappa shape index (κ3) is 3.84. The fraction of sp³-hybridized carbons (Fsp3) is 0.222. The second kappa shape index (κ2) is 8.07. The summed E-state index contributed by atoms with van der Waals surface area (Å²) in [6, 6.07) is 14.5. The Morgan fingerprint density at radius 2 is 1.91 bits per heavy atom. The van der Waals surface area contributed by atoms with E-state index < -0.39 is 0 Å². The van der Waals surface area contributed by atoms with Crippen LogP contribution in [-0.2, 0) is 0 Å². The van der Waals surface area contributed by atoms with Crippen molar-refractivity contribution in [2.45, 2.75) is 12.3 Å². The van der Waals surface area contributed by atoms with Gasteiger partial charge in [-0.2, -0.15) is 0 Å². The number of fused-ring (bicyclic) bond motifs is 1. The molecule has 3 rings (SSSR count). The van der Waals surface area contributed by atoms with Crippen molar-refractivity contribution >= 4 is 46.5 Å². The molecule has 2 N–H and O–H groups in total. The van der Waals surface area contributed by atoms with Gasteiger partial charge in [0.15, 0.2) is 0 Å². The molecule has 0 unspecified atom stereocenters. The van der Waals surface area contributed by atoms with E-state index in [1.807, 2.05) is 25.4 Å². The van der Waals surface area contributed by atoms with E-state index in [4.69, 9.17) is 23.2 Å². The van der Waals surface area contributed by atoms with Crippen molar-refractivity contribution in [2.75, 3.05) is 13.6 Å². The van der Waals surface area contributed by atoms with E-state index in [1.165, 1.54) is 16.5 Å². The second-order valence-electron chi connectivity index (χ2n) is 5.40. The smallest absolute Gasteiger partial charge is 0.0595 e. The van der Waals surface area contributed by atoms with Crippen LogP contribution in [0.5, 0.6) is 0 Å². The van der Waals surface area contributed by atoms with E-state index in [0.29, 0.717) is 10.0 Å². The number of halogens is 3. The minimum atomic E-state index is 0. The lowest BCUT2D eigenvalue weighted by molar-refractivity contribution is 0.664. The molecule has 0 saturated carbocycles. The van der Waals surface area contributed by atoms with E-state index in [0.717, 1.165) is 18.5 Å². The summed E-state index contributed by atoms with van der Waals surface area (Å²) in [7, 11) is 1.97. The standard InChI is InChI=1S/C18H18Cl2N2.ClH/c1-21-9-7-13(12-5-6-16(19)17(20)11-12)14-3-2-4-18-15(14)8-10-22-18;/h2-6,8,10-11,13,21-22H,7,9H2,1H3;1H/t13-;/m1./s1. The van der Waals surface area contributed by atoms with Crippen molar-refractivity contribution in [3.05, 3.63) is 69.8 Å². The highest BCUT2D eigenvalue weighted by molar-refractivity contribution is 6.42. The highest BCUT2D eigenvalue weighted by atomic mass is 35.5. The van der Waals surface area contributed by atoms with Gasteiger partial charge in [-0.3, -0.25) is 0 Å². The highest BCUT2D eigenvalue weighted by Crippen LogP contribution is 2.35. The zero-order valence-corrected chi connectivity index (χ0v) is 15.1. The summed E-state index contributed by atoms with van der Waals surface area (Å²) >= 11 is 12.3. The van der Waals surface area contributed by atoms with Gasteiger partial charge in [-0.25, -0.2) is 0 Å². The van der Waals surface area contributed by atoms with Gasteiger partial charge in [0, 0.05) is 23.0 Å². The number of aromatic nitrogens is 1. The number of hydrogen-bond acceptors (Lipinski definition) is 1. The lowest BCUT2D eigenvalue weighted by Gasteiger charge is -2.19. The van der Waals surface area contributed by atoms with Crippen LogP contribution in [0.2, 0.25) is 10.0 Å². The molecule has 0 aliphatic heterocycles. The molecule has 0 saturated heterocycles. The molecule has 0 aliphatic carbocycles. The van der Waals surface area contributed by atoms with Crippen LogP contribution >= 0.6 is 35.6 Å². The molecule has 3 aromatic rings. The lowest BCUT2D eigenvalue weighted by Crippen LogP contribution is -2.13. The molecule has 0 aliphatic rings. The first-order valence-corrected chi connectivity index (χ1v) is 8.12. The summed E-state index contributed by atoms with van der Waals surface area (Å²) in [6.45, 7) is 0.936. The number of H-pyrrole nitrogens is 1. The fourth-order valence-electron chi connectivity index (χ4n) is 2.93. The molecule has 0 radical (unpaired) electrons. The molecular formula is C18H19Cl3N2. The molecule has 0 spiro atoms. The predicted octanol–water partition coefficient (Wildman–Crippen LogP) is 5.64. The highest BCUT2D eigenvalue weighted by Gasteiger charge is 2.17. The first kappa shape index (κ1) is 18.2. The molecule has 1 heterocycles. The zero-order valence-electron chi connectivity index (χ0n) is 12.8. The second-order valence-corrected chi connectivity index (χ2v) is 6.22. The van der Waals surface area contributed by atoms with Crippen LogP contribution in [0.4, 0.5) is 0 Å². The van der Waals surface area contributed by atoms with E-state index in [-0.39, 0.29) is 18.3 Å². The molecule has 2 aromatic carbocycles. The van der Waals surface area contributed by atoms with Gasteiger partial charge in [-0.1, -0.05) is 41.4 Å². The van der Waals surface area contributed by atoms with Crippen LogP contribution < -0.4 is 5.32 Å². The number of benzene rings is 2. The van der Waals surface area contributed by atoms with Gasteiger partial charge >= 0.3 is 0 Å². The Labute approximate surface area is 152 Å². The maximum Gasteiger partial charge on any atom is 0.0595 e. The van der Waals surface area contributed by atoms with Crippen molar-refractivity contribution in [3.63, 3.8) is 0 Å². The van der Waals surface area contributed by atoms with Gasteiger partial charge < -0.3 is 10.3 Å². The summed E-state index contributed by atoms with van der Waals surface area (Å²) in [5.74, 6) is 0.279. The van der Waals surface area contributed by atoms with Gasteiger partial charge in [0.1, 0.15) is 0 Å². The average molecular weight is 370 g/mol. The van der Waals surface area contributed by atoms with E-state index >= 15 is 0 Å². The number of rotatable bonds is 5. The minimum Gasteiger partial charge on any atom is -0.361 e. The van der Waals surface area contributed by atoms with Gasteiger partial charge in [0.2, 0.25) is 0 Å². The summed E-state index contributed by atoms with van der Waals surface area (Å²) in [4.78, 5) is 3.28. The van der Waals surface area contributed by atoms with Crippen LogP contribution in [-0.4, -0.2) is 18.6 Å². The molecule has 5 heteroatoms. The van der Waals surface area contributed by atoms with E-state index in [1.54, 1.807) is 0 Å². The van der Waals surface area contributed by atoms with Crippen molar-refractivity contribution in [3.8, 4) is 0 Å². The molecule has 1 atom stereocenters. The quantitative estimate of drug-likeness (QED) is 0.598. The Bertz CT molecular complexity index is 783. The largest absolute Gasteiger partial charge is 0.361 e. The maximum atomic E-state index is 6.22. The van der Waals surface area contributed by atoms with E-state index in [9.17, 15) is 0 Å². The summed E-state index contributed by atoms with van der Waals surface area (Å²) in [5.41, 5.74) is 3.66. The average Bonchev–Trinajstić information content (AvgIpc) is 3.00. The molecule has 122 valence electrons. The molecule has 0 amide bonds. The van der Waals surface area contributed by atoms with Gasteiger partial charge in [-0.15, -0.1) is 12.4 Å². The van der Waals surface area contributed by atoms with E-state index in [2.05, 4.69) is 40.6 Å². The predicted molar refractivity (Wildman–Crippen MR) is 102 cm³/mol. The van der Waals surface area contributed by atoms with Crippen LogP contribution in [0, 0.1) is 0 Å². The molecular weight excluding hydrogens is 351 g/mol. The molecule has 1 aromatic heterocycles. The Balaban J connectivity index is 0.00000192. The number of aromatic amines is 1. The van der Waals surface area contributed by atoms with Crippen molar-refractivity contribution in [1.29, 1.82) is 0 Å². The monoisotopic (exact) mass is 368 g/mol. The van der Waals surface area contributed by atoms with Crippen LogP contribution in [0.25, 0.3) is 10.9 Å².